The van der Waals surface area contributed by atoms with E-state index >= 15 is 0 Å². The molecule has 1 N–H and O–H groups in total. The van der Waals surface area contributed by atoms with Gasteiger partial charge < -0.3 is 14.7 Å². The van der Waals surface area contributed by atoms with Gasteiger partial charge in [0.25, 0.3) is 0 Å². The van der Waals surface area contributed by atoms with Crippen LogP contribution >= 0.6 is 0 Å². The number of carbonyl (C=O) groups is 2. The maximum atomic E-state index is 12.3. The van der Waals surface area contributed by atoms with Crippen molar-refractivity contribution in [1.82, 2.24) is 4.90 Å². The molecule has 0 radical (unpaired) electrons. The van der Waals surface area contributed by atoms with Crippen LogP contribution in [-0.2, 0) is 14.3 Å². The van der Waals surface area contributed by atoms with Crippen molar-refractivity contribution in [2.24, 2.45) is 0 Å². The van der Waals surface area contributed by atoms with Gasteiger partial charge in [-0.15, -0.1) is 0 Å². The van der Waals surface area contributed by atoms with E-state index in [-0.39, 0.29) is 24.5 Å². The van der Waals surface area contributed by atoms with Gasteiger partial charge in [0.1, 0.15) is 0 Å². The Balaban J connectivity index is 1.80. The van der Waals surface area contributed by atoms with Gasteiger partial charge in [-0.1, -0.05) is 0 Å². The molecule has 20 heavy (non-hydrogen) atoms. The fraction of sp³-hybridized carbons (Fsp3) is 0.867. The minimum Gasteiger partial charge on any atom is -0.481 e. The van der Waals surface area contributed by atoms with E-state index in [9.17, 15) is 9.59 Å². The normalized spacial score (nSPS) is 27.3. The lowest BCUT2D eigenvalue weighted by Gasteiger charge is -2.35. The molecular formula is C15H25NO4. The molecule has 0 bridgehead atoms. The van der Waals surface area contributed by atoms with E-state index in [1.807, 2.05) is 0 Å². The molecule has 5 heteroatoms. The van der Waals surface area contributed by atoms with Crippen molar-refractivity contribution in [3.8, 4) is 0 Å². The van der Waals surface area contributed by atoms with Crippen molar-refractivity contribution in [2.45, 2.75) is 69.9 Å². The lowest BCUT2D eigenvalue weighted by atomic mass is 9.98. The molecule has 2 unspecified atom stereocenters. The van der Waals surface area contributed by atoms with Gasteiger partial charge in [0.15, 0.2) is 0 Å². The lowest BCUT2D eigenvalue weighted by molar-refractivity contribution is -0.142. The number of piperidine rings is 1. The second-order valence-corrected chi connectivity index (χ2v) is 5.86. The summed E-state index contributed by atoms with van der Waals surface area (Å²) in [5.74, 6) is -0.713. The van der Waals surface area contributed by atoms with Gasteiger partial charge in [-0.3, -0.25) is 9.59 Å². The van der Waals surface area contributed by atoms with Crippen LogP contribution in [0.5, 0.6) is 0 Å². The Hall–Kier alpha value is -1.10. The van der Waals surface area contributed by atoms with E-state index in [1.165, 1.54) is 6.42 Å². The fourth-order valence-corrected chi connectivity index (χ4v) is 3.21. The average molecular weight is 283 g/mol. The van der Waals surface area contributed by atoms with Crippen LogP contribution in [0.2, 0.25) is 0 Å². The number of hydrogen-bond acceptors (Lipinski definition) is 3. The first kappa shape index (κ1) is 15.3. The van der Waals surface area contributed by atoms with Crippen LogP contribution < -0.4 is 0 Å². The minimum atomic E-state index is -0.815. The Morgan fingerprint density at radius 2 is 1.95 bits per heavy atom. The van der Waals surface area contributed by atoms with Crippen LogP contribution in [-0.4, -0.2) is 47.2 Å². The molecule has 0 spiro atoms. The molecule has 0 aromatic heterocycles. The first-order valence-electron chi connectivity index (χ1n) is 7.79. The fourth-order valence-electron chi connectivity index (χ4n) is 3.21. The highest BCUT2D eigenvalue weighted by Gasteiger charge is 2.28. The molecule has 2 fully saturated rings. The zero-order chi connectivity index (χ0) is 14.4. The molecule has 2 saturated heterocycles. The summed E-state index contributed by atoms with van der Waals surface area (Å²) in [6, 6.07) is -0.110. The van der Waals surface area contributed by atoms with Crippen molar-refractivity contribution in [3.05, 3.63) is 0 Å². The highest BCUT2D eigenvalue weighted by Crippen LogP contribution is 2.23. The number of rotatable bonds is 5. The van der Waals surface area contributed by atoms with Crippen molar-refractivity contribution in [1.29, 1.82) is 0 Å². The van der Waals surface area contributed by atoms with Crippen LogP contribution in [0.3, 0.4) is 0 Å². The average Bonchev–Trinajstić information content (AvgIpc) is 2.46. The Bertz CT molecular complexity index is 339. The Kier molecular flexibility index (Phi) is 5.83. The highest BCUT2D eigenvalue weighted by molar-refractivity contribution is 5.77. The van der Waals surface area contributed by atoms with Crippen LogP contribution in [0.25, 0.3) is 0 Å². The molecule has 114 valence electrons. The van der Waals surface area contributed by atoms with E-state index in [2.05, 4.69) is 0 Å². The third-order valence-electron chi connectivity index (χ3n) is 4.31. The molecule has 2 rings (SSSR count). The van der Waals surface area contributed by atoms with Crippen LogP contribution in [0.15, 0.2) is 0 Å². The Morgan fingerprint density at radius 3 is 2.65 bits per heavy atom. The molecule has 1 amide bonds. The molecular weight excluding hydrogens is 258 g/mol. The lowest BCUT2D eigenvalue weighted by Crippen LogP contribution is -2.45. The highest BCUT2D eigenvalue weighted by atomic mass is 16.5. The van der Waals surface area contributed by atoms with Gasteiger partial charge in [-0.05, 0) is 44.9 Å². The molecule has 2 heterocycles. The number of carboxylic acid groups (broad SMARTS) is 1. The van der Waals surface area contributed by atoms with Gasteiger partial charge in [0.05, 0.1) is 12.5 Å². The standard InChI is InChI=1S/C15H25NO4/c17-14(8-7-13-6-2-4-10-20-13)16-9-3-1-5-12(16)11-15(18)19/h12-13H,1-11H2,(H,18,19). The summed E-state index contributed by atoms with van der Waals surface area (Å²) in [4.78, 5) is 25.0. The third kappa shape index (κ3) is 4.47. The van der Waals surface area contributed by atoms with Gasteiger partial charge in [-0.25, -0.2) is 0 Å². The summed E-state index contributed by atoms with van der Waals surface area (Å²) >= 11 is 0. The third-order valence-corrected chi connectivity index (χ3v) is 4.31. The van der Waals surface area contributed by atoms with E-state index in [4.69, 9.17) is 9.84 Å². The monoisotopic (exact) mass is 283 g/mol. The van der Waals surface area contributed by atoms with Gasteiger partial charge >= 0.3 is 5.97 Å². The maximum absolute atomic E-state index is 12.3. The van der Waals surface area contributed by atoms with Crippen LogP contribution in [0.1, 0.15) is 57.8 Å². The number of amides is 1. The summed E-state index contributed by atoms with van der Waals surface area (Å²) < 4.78 is 5.64. The summed E-state index contributed by atoms with van der Waals surface area (Å²) in [5.41, 5.74) is 0. The zero-order valence-corrected chi connectivity index (χ0v) is 12.1. The largest absolute Gasteiger partial charge is 0.481 e. The van der Waals surface area contributed by atoms with Crippen LogP contribution in [0.4, 0.5) is 0 Å². The van der Waals surface area contributed by atoms with Crippen molar-refractivity contribution >= 4 is 11.9 Å². The van der Waals surface area contributed by atoms with Crippen LogP contribution in [0, 0.1) is 0 Å². The molecule has 2 atom stereocenters. The molecule has 0 aromatic carbocycles. The zero-order valence-electron chi connectivity index (χ0n) is 12.1. The SMILES string of the molecule is O=C(O)CC1CCCCN1C(=O)CCC1CCCCO1. The molecule has 5 nitrogen and oxygen atoms in total. The van der Waals surface area contributed by atoms with Gasteiger partial charge in [-0.2, -0.15) is 0 Å². The van der Waals surface area contributed by atoms with Crippen molar-refractivity contribution < 1.29 is 19.4 Å². The van der Waals surface area contributed by atoms with Gasteiger partial charge in [0, 0.05) is 25.6 Å². The first-order valence-corrected chi connectivity index (χ1v) is 7.79. The maximum Gasteiger partial charge on any atom is 0.305 e. The molecule has 2 aliphatic rings. The number of hydrogen-bond donors (Lipinski definition) is 1. The second kappa shape index (κ2) is 7.62. The number of nitrogens with zero attached hydrogens (tertiary/aromatic N) is 1. The van der Waals surface area contributed by atoms with E-state index in [1.54, 1.807) is 4.90 Å². The van der Waals surface area contributed by atoms with Crippen molar-refractivity contribution in [2.75, 3.05) is 13.2 Å². The minimum absolute atomic E-state index is 0.0751. The number of carboxylic acids is 1. The smallest absolute Gasteiger partial charge is 0.305 e. The quantitative estimate of drug-likeness (QED) is 0.840. The molecule has 2 aliphatic heterocycles. The number of aliphatic carboxylic acids is 1. The molecule has 0 aromatic rings. The summed E-state index contributed by atoms with van der Waals surface area (Å²) in [6.45, 7) is 1.52. The predicted octanol–water partition coefficient (Wildman–Crippen LogP) is 2.19. The molecule has 0 aliphatic carbocycles. The van der Waals surface area contributed by atoms with E-state index < -0.39 is 5.97 Å². The summed E-state index contributed by atoms with van der Waals surface area (Å²) in [6.07, 6.45) is 7.73. The summed E-state index contributed by atoms with van der Waals surface area (Å²) in [5, 5.41) is 8.94. The Morgan fingerprint density at radius 1 is 1.15 bits per heavy atom. The molecule has 0 saturated carbocycles. The number of ether oxygens (including phenoxy) is 1. The van der Waals surface area contributed by atoms with Gasteiger partial charge in [0.2, 0.25) is 5.91 Å². The Labute approximate surface area is 120 Å². The topological polar surface area (TPSA) is 66.8 Å². The van der Waals surface area contributed by atoms with E-state index in [0.29, 0.717) is 13.0 Å². The van der Waals surface area contributed by atoms with Crippen molar-refractivity contribution in [3.63, 3.8) is 0 Å². The second-order valence-electron chi connectivity index (χ2n) is 5.86. The summed E-state index contributed by atoms with van der Waals surface area (Å²) in [7, 11) is 0. The number of carbonyl (C=O) groups excluding carboxylic acids is 1. The van der Waals surface area contributed by atoms with E-state index in [0.717, 1.165) is 45.1 Å². The number of likely N-dealkylation sites (tertiary alicyclic amines) is 1. The first-order chi connectivity index (χ1) is 9.66. The predicted molar refractivity (Wildman–Crippen MR) is 74.4 cm³/mol.